The van der Waals surface area contributed by atoms with Crippen LogP contribution in [0, 0.1) is 0 Å². The Morgan fingerprint density at radius 1 is 1.17 bits per heavy atom. The van der Waals surface area contributed by atoms with E-state index in [1.165, 1.54) is 5.56 Å². The van der Waals surface area contributed by atoms with Crippen LogP contribution in [-0.2, 0) is 19.9 Å². The van der Waals surface area contributed by atoms with Gasteiger partial charge in [-0.1, -0.05) is 38.1 Å². The zero-order valence-corrected chi connectivity index (χ0v) is 14.3. The van der Waals surface area contributed by atoms with Gasteiger partial charge in [-0.3, -0.25) is 9.59 Å². The standard InChI is InChI=1S/C18H26N2O3/c1-11(2)12-5-7-13(8-6-12)18(3,4)20-17(22)15-10-9-14(23-15)16(19)21/h5-8,11,14-15H,9-10H2,1-4H3,(H2,19,21)(H,20,22)/t14-,15+/m1/s1. The summed E-state index contributed by atoms with van der Waals surface area (Å²) in [7, 11) is 0. The molecule has 0 bridgehead atoms. The van der Waals surface area contributed by atoms with Crippen LogP contribution in [0.5, 0.6) is 0 Å². The molecule has 5 nitrogen and oxygen atoms in total. The monoisotopic (exact) mass is 318 g/mol. The molecule has 0 spiro atoms. The zero-order valence-electron chi connectivity index (χ0n) is 14.3. The second-order valence-corrected chi connectivity index (χ2v) is 6.98. The van der Waals surface area contributed by atoms with Crippen LogP contribution in [0.4, 0.5) is 0 Å². The normalized spacial score (nSPS) is 21.4. The average molecular weight is 318 g/mol. The number of nitrogens with one attached hydrogen (secondary N) is 1. The van der Waals surface area contributed by atoms with Gasteiger partial charge in [0.05, 0.1) is 5.54 Å². The van der Waals surface area contributed by atoms with Gasteiger partial charge < -0.3 is 15.8 Å². The van der Waals surface area contributed by atoms with Gasteiger partial charge in [-0.25, -0.2) is 0 Å². The third-order valence-corrected chi connectivity index (χ3v) is 4.36. The van der Waals surface area contributed by atoms with E-state index in [2.05, 4.69) is 31.3 Å². The number of hydrogen-bond donors (Lipinski definition) is 2. The van der Waals surface area contributed by atoms with Crippen molar-refractivity contribution in [1.29, 1.82) is 0 Å². The summed E-state index contributed by atoms with van der Waals surface area (Å²) in [6.45, 7) is 8.20. The van der Waals surface area contributed by atoms with Crippen LogP contribution in [0.25, 0.3) is 0 Å². The summed E-state index contributed by atoms with van der Waals surface area (Å²) in [5.41, 5.74) is 7.00. The molecule has 1 aromatic rings. The highest BCUT2D eigenvalue weighted by Gasteiger charge is 2.36. The Balaban J connectivity index is 2.03. The first kappa shape index (κ1) is 17.5. The van der Waals surface area contributed by atoms with Crippen molar-refractivity contribution in [2.45, 2.75) is 64.2 Å². The summed E-state index contributed by atoms with van der Waals surface area (Å²) in [4.78, 5) is 23.5. The number of rotatable bonds is 5. The van der Waals surface area contributed by atoms with Crippen molar-refractivity contribution in [3.05, 3.63) is 35.4 Å². The Morgan fingerprint density at radius 3 is 2.22 bits per heavy atom. The van der Waals surface area contributed by atoms with Crippen molar-refractivity contribution in [3.63, 3.8) is 0 Å². The van der Waals surface area contributed by atoms with Gasteiger partial charge in [-0.2, -0.15) is 0 Å². The molecular weight excluding hydrogens is 292 g/mol. The molecule has 1 heterocycles. The third-order valence-electron chi connectivity index (χ3n) is 4.36. The lowest BCUT2D eigenvalue weighted by atomic mass is 9.91. The second kappa shape index (κ2) is 6.71. The minimum absolute atomic E-state index is 0.202. The molecule has 1 aromatic carbocycles. The molecule has 0 saturated carbocycles. The van der Waals surface area contributed by atoms with Gasteiger partial charge in [-0.15, -0.1) is 0 Å². The number of amides is 2. The predicted octanol–water partition coefficient (Wildman–Crippen LogP) is 2.19. The Labute approximate surface area is 137 Å². The summed E-state index contributed by atoms with van der Waals surface area (Å²) < 4.78 is 5.43. The first-order chi connectivity index (χ1) is 10.7. The first-order valence-corrected chi connectivity index (χ1v) is 8.08. The largest absolute Gasteiger partial charge is 0.367 e. The molecule has 2 rings (SSSR count). The van der Waals surface area contributed by atoms with Crippen molar-refractivity contribution in [1.82, 2.24) is 5.32 Å². The number of nitrogens with two attached hydrogens (primary N) is 1. The fraction of sp³-hybridized carbons (Fsp3) is 0.556. The highest BCUT2D eigenvalue weighted by Crippen LogP contribution is 2.25. The van der Waals surface area contributed by atoms with Crippen LogP contribution < -0.4 is 11.1 Å². The maximum atomic E-state index is 12.4. The van der Waals surface area contributed by atoms with Crippen LogP contribution in [0.1, 0.15) is 57.6 Å². The average Bonchev–Trinajstić information content (AvgIpc) is 2.97. The summed E-state index contributed by atoms with van der Waals surface area (Å²) in [6.07, 6.45) is -0.250. The van der Waals surface area contributed by atoms with Gasteiger partial charge in [0, 0.05) is 0 Å². The molecule has 5 heteroatoms. The maximum absolute atomic E-state index is 12.4. The summed E-state index contributed by atoms with van der Waals surface area (Å²) in [5.74, 6) is -0.241. The molecule has 126 valence electrons. The van der Waals surface area contributed by atoms with E-state index in [0.29, 0.717) is 18.8 Å². The Bertz CT molecular complexity index is 578. The molecule has 1 aliphatic heterocycles. The van der Waals surface area contributed by atoms with E-state index in [0.717, 1.165) is 5.56 Å². The molecule has 1 saturated heterocycles. The number of primary amides is 1. The first-order valence-electron chi connectivity index (χ1n) is 8.08. The fourth-order valence-corrected chi connectivity index (χ4v) is 2.78. The van der Waals surface area contributed by atoms with Crippen molar-refractivity contribution >= 4 is 11.8 Å². The summed E-state index contributed by atoms with van der Waals surface area (Å²) >= 11 is 0. The SMILES string of the molecule is CC(C)c1ccc(C(C)(C)NC(=O)[C@@H]2CC[C@H](C(N)=O)O2)cc1. The molecule has 0 unspecified atom stereocenters. The summed E-state index contributed by atoms with van der Waals surface area (Å²) in [6, 6.07) is 8.25. The van der Waals surface area contributed by atoms with Gasteiger partial charge in [0.1, 0.15) is 12.2 Å². The minimum atomic E-state index is -0.654. The number of ether oxygens (including phenoxy) is 1. The lowest BCUT2D eigenvalue weighted by molar-refractivity contribution is -0.138. The highest BCUT2D eigenvalue weighted by molar-refractivity contribution is 5.84. The molecular formula is C18H26N2O3. The van der Waals surface area contributed by atoms with Gasteiger partial charge >= 0.3 is 0 Å². The molecule has 3 N–H and O–H groups in total. The number of carbonyl (C=O) groups is 2. The van der Waals surface area contributed by atoms with Crippen LogP contribution in [0.15, 0.2) is 24.3 Å². The van der Waals surface area contributed by atoms with Crippen LogP contribution in [0.2, 0.25) is 0 Å². The Morgan fingerprint density at radius 2 is 1.74 bits per heavy atom. The Hall–Kier alpha value is -1.88. The lowest BCUT2D eigenvalue weighted by Gasteiger charge is -2.28. The molecule has 1 fully saturated rings. The smallest absolute Gasteiger partial charge is 0.249 e. The fourth-order valence-electron chi connectivity index (χ4n) is 2.78. The molecule has 1 aliphatic rings. The van der Waals surface area contributed by atoms with E-state index in [1.54, 1.807) is 0 Å². The van der Waals surface area contributed by atoms with Crippen molar-refractivity contribution in [3.8, 4) is 0 Å². The number of hydrogen-bond acceptors (Lipinski definition) is 3. The van der Waals surface area contributed by atoms with Gasteiger partial charge in [0.25, 0.3) is 0 Å². The van der Waals surface area contributed by atoms with E-state index >= 15 is 0 Å². The van der Waals surface area contributed by atoms with Crippen molar-refractivity contribution in [2.24, 2.45) is 5.73 Å². The van der Waals surface area contributed by atoms with Crippen LogP contribution >= 0.6 is 0 Å². The van der Waals surface area contributed by atoms with Crippen molar-refractivity contribution < 1.29 is 14.3 Å². The van der Waals surface area contributed by atoms with Crippen molar-refractivity contribution in [2.75, 3.05) is 0 Å². The molecule has 0 radical (unpaired) electrons. The number of carbonyl (C=O) groups excluding carboxylic acids is 2. The van der Waals surface area contributed by atoms with E-state index < -0.39 is 23.7 Å². The highest BCUT2D eigenvalue weighted by atomic mass is 16.5. The minimum Gasteiger partial charge on any atom is -0.367 e. The maximum Gasteiger partial charge on any atom is 0.249 e. The lowest BCUT2D eigenvalue weighted by Crippen LogP contribution is -2.46. The van der Waals surface area contributed by atoms with E-state index in [9.17, 15) is 9.59 Å². The van der Waals surface area contributed by atoms with E-state index in [-0.39, 0.29) is 5.91 Å². The van der Waals surface area contributed by atoms with Gasteiger partial charge in [0.15, 0.2) is 0 Å². The van der Waals surface area contributed by atoms with Crippen LogP contribution in [0.3, 0.4) is 0 Å². The predicted molar refractivity (Wildman–Crippen MR) is 88.8 cm³/mol. The van der Waals surface area contributed by atoms with Crippen LogP contribution in [-0.4, -0.2) is 24.0 Å². The molecule has 0 aromatic heterocycles. The summed E-state index contributed by atoms with van der Waals surface area (Å²) in [5, 5.41) is 3.01. The topological polar surface area (TPSA) is 81.4 Å². The Kier molecular flexibility index (Phi) is 5.09. The van der Waals surface area contributed by atoms with Gasteiger partial charge in [-0.05, 0) is 43.7 Å². The quantitative estimate of drug-likeness (QED) is 0.873. The van der Waals surface area contributed by atoms with Gasteiger partial charge in [0.2, 0.25) is 11.8 Å². The molecule has 2 amide bonds. The van der Waals surface area contributed by atoms with E-state index in [4.69, 9.17) is 10.5 Å². The third kappa shape index (κ3) is 4.10. The zero-order chi connectivity index (χ0) is 17.2. The second-order valence-electron chi connectivity index (χ2n) is 6.98. The van der Waals surface area contributed by atoms with E-state index in [1.807, 2.05) is 26.0 Å². The number of benzene rings is 1. The molecule has 2 atom stereocenters. The molecule has 0 aliphatic carbocycles. The molecule has 23 heavy (non-hydrogen) atoms.